The van der Waals surface area contributed by atoms with Gasteiger partial charge in [0.2, 0.25) is 5.43 Å². The number of ether oxygens (including phenoxy) is 1. The monoisotopic (exact) mass is 391 g/mol. The summed E-state index contributed by atoms with van der Waals surface area (Å²) in [5, 5.41) is 11.2. The Kier molecular flexibility index (Phi) is 6.87. The van der Waals surface area contributed by atoms with Gasteiger partial charge in [-0.05, 0) is 45.0 Å². The molecule has 6 heteroatoms. The van der Waals surface area contributed by atoms with Crippen LogP contribution < -0.4 is 27.5 Å². The molecule has 0 radical (unpaired) electrons. The highest BCUT2D eigenvalue weighted by molar-refractivity contribution is 5.90. The molecule has 5 nitrogen and oxygen atoms in total. The normalized spacial score (nSPS) is 13.6. The van der Waals surface area contributed by atoms with Crippen molar-refractivity contribution in [3.63, 3.8) is 0 Å². The molecule has 0 saturated heterocycles. The predicted molar refractivity (Wildman–Crippen MR) is 103 cm³/mol. The third-order valence-corrected chi connectivity index (χ3v) is 4.78. The van der Waals surface area contributed by atoms with Gasteiger partial charge in [-0.15, -0.1) is 0 Å². The van der Waals surface area contributed by atoms with Gasteiger partial charge in [0, 0.05) is 6.07 Å². The summed E-state index contributed by atoms with van der Waals surface area (Å²) in [6.07, 6.45) is -0.556. The molecule has 0 bridgehead atoms. The lowest BCUT2D eigenvalue weighted by Crippen LogP contribution is -3.13. The number of halogens is 1. The summed E-state index contributed by atoms with van der Waals surface area (Å²) in [5.41, 5.74) is 2.03. The number of aliphatic hydroxyl groups excluding tert-OH is 1. The van der Waals surface area contributed by atoms with Crippen LogP contribution in [0, 0.1) is 6.92 Å². The number of hydrogen-bond donors (Lipinski definition) is 2. The van der Waals surface area contributed by atoms with Crippen LogP contribution in [0.4, 0.5) is 0 Å². The van der Waals surface area contributed by atoms with Crippen molar-refractivity contribution in [1.29, 1.82) is 0 Å². The van der Waals surface area contributed by atoms with Crippen LogP contribution in [0.15, 0.2) is 45.6 Å². The predicted octanol–water partition coefficient (Wildman–Crippen LogP) is -1.08. The highest BCUT2D eigenvalue weighted by atomic mass is 35.5. The second kappa shape index (κ2) is 8.74. The standard InChI is InChI=1S/C21H25NO4.ClH/c1-13(2)22(4)11-15(23)12-25-16-6-7-17-20(10-16)26-19-8-5-14(3)9-18(19)21(17)24;/h5-10,13,15,23H,11-12H2,1-4H3;1H. The van der Waals surface area contributed by atoms with Crippen LogP contribution >= 0.6 is 0 Å². The fourth-order valence-electron chi connectivity index (χ4n) is 2.90. The molecule has 0 saturated carbocycles. The molecule has 3 aromatic rings. The molecule has 0 aliphatic rings. The first-order valence-corrected chi connectivity index (χ1v) is 8.95. The molecule has 3 rings (SSSR count). The quantitative estimate of drug-likeness (QED) is 0.525. The summed E-state index contributed by atoms with van der Waals surface area (Å²) in [7, 11) is 2.05. The zero-order chi connectivity index (χ0) is 18.8. The Morgan fingerprint density at radius 1 is 1.11 bits per heavy atom. The molecule has 2 aromatic carbocycles. The minimum absolute atomic E-state index is 0. The second-order valence-electron chi connectivity index (χ2n) is 7.26. The Morgan fingerprint density at radius 3 is 2.56 bits per heavy atom. The molecule has 27 heavy (non-hydrogen) atoms. The Labute approximate surface area is 165 Å². The molecule has 146 valence electrons. The number of rotatable bonds is 6. The smallest absolute Gasteiger partial charge is 0.200 e. The van der Waals surface area contributed by atoms with E-state index < -0.39 is 6.10 Å². The van der Waals surface area contributed by atoms with Gasteiger partial charge >= 0.3 is 0 Å². The summed E-state index contributed by atoms with van der Waals surface area (Å²) >= 11 is 0. The van der Waals surface area contributed by atoms with E-state index in [2.05, 4.69) is 13.8 Å². The van der Waals surface area contributed by atoms with Gasteiger partial charge in [-0.2, -0.15) is 0 Å². The first-order valence-electron chi connectivity index (χ1n) is 8.95. The summed E-state index contributed by atoms with van der Waals surface area (Å²) in [6, 6.07) is 11.2. The Bertz CT molecular complexity index is 983. The highest BCUT2D eigenvalue weighted by Gasteiger charge is 2.15. The minimum atomic E-state index is -0.556. The molecule has 2 atom stereocenters. The second-order valence-corrected chi connectivity index (χ2v) is 7.26. The van der Waals surface area contributed by atoms with E-state index >= 15 is 0 Å². The van der Waals surface area contributed by atoms with Crippen LogP contribution in [0.5, 0.6) is 5.75 Å². The minimum Gasteiger partial charge on any atom is -1.00 e. The van der Waals surface area contributed by atoms with Crippen molar-refractivity contribution in [3.8, 4) is 5.75 Å². The number of benzene rings is 2. The lowest BCUT2D eigenvalue weighted by atomic mass is 10.1. The molecule has 1 aromatic heterocycles. The fraction of sp³-hybridized carbons (Fsp3) is 0.381. The topological polar surface area (TPSA) is 64.1 Å². The molecule has 2 unspecified atom stereocenters. The van der Waals surface area contributed by atoms with Crippen LogP contribution in [0.2, 0.25) is 0 Å². The number of quaternary nitrogens is 1. The maximum atomic E-state index is 12.7. The SMILES string of the molecule is Cc1ccc2oc3cc(OCC(O)C[NH+](C)C(C)C)ccc3c(=O)c2c1.[Cl-]. The summed E-state index contributed by atoms with van der Waals surface area (Å²) in [5.74, 6) is 0.577. The Morgan fingerprint density at radius 2 is 1.85 bits per heavy atom. The first-order chi connectivity index (χ1) is 12.3. The number of hydrogen-bond acceptors (Lipinski definition) is 4. The lowest BCUT2D eigenvalue weighted by molar-refractivity contribution is -0.904. The zero-order valence-electron chi connectivity index (χ0n) is 16.1. The molecule has 1 heterocycles. The largest absolute Gasteiger partial charge is 1.00 e. The van der Waals surface area contributed by atoms with E-state index in [1.165, 1.54) is 4.90 Å². The van der Waals surface area contributed by atoms with Crippen LogP contribution in [-0.2, 0) is 0 Å². The number of nitrogens with one attached hydrogen (secondary N) is 1. The third-order valence-electron chi connectivity index (χ3n) is 4.78. The van der Waals surface area contributed by atoms with Gasteiger partial charge in [-0.25, -0.2) is 0 Å². The maximum absolute atomic E-state index is 12.7. The third kappa shape index (κ3) is 4.80. The molecule has 0 fully saturated rings. The van der Waals surface area contributed by atoms with Crippen molar-refractivity contribution >= 4 is 21.9 Å². The van der Waals surface area contributed by atoms with Gasteiger partial charge in [0.15, 0.2) is 0 Å². The van der Waals surface area contributed by atoms with E-state index in [0.29, 0.717) is 40.3 Å². The molecule has 0 aliphatic carbocycles. The average molecular weight is 392 g/mol. The molecular weight excluding hydrogens is 366 g/mol. The van der Waals surface area contributed by atoms with Crippen molar-refractivity contribution in [1.82, 2.24) is 0 Å². The number of aliphatic hydroxyl groups is 1. The Balaban J connectivity index is 0.00000261. The van der Waals surface area contributed by atoms with Gasteiger partial charge < -0.3 is 31.6 Å². The number of aryl methyl sites for hydroxylation is 1. The van der Waals surface area contributed by atoms with Crippen molar-refractivity contribution in [3.05, 3.63) is 52.2 Å². The van der Waals surface area contributed by atoms with E-state index in [4.69, 9.17) is 9.15 Å². The fourth-order valence-corrected chi connectivity index (χ4v) is 2.90. The first kappa shape index (κ1) is 21.2. The summed E-state index contributed by atoms with van der Waals surface area (Å²) < 4.78 is 11.6. The van der Waals surface area contributed by atoms with Crippen LogP contribution in [0.1, 0.15) is 19.4 Å². The van der Waals surface area contributed by atoms with Gasteiger partial charge in [-0.1, -0.05) is 11.6 Å². The van der Waals surface area contributed by atoms with Crippen molar-refractivity contribution in [2.24, 2.45) is 0 Å². The van der Waals surface area contributed by atoms with Gasteiger partial charge in [0.25, 0.3) is 0 Å². The zero-order valence-corrected chi connectivity index (χ0v) is 16.8. The molecule has 0 spiro atoms. The van der Waals surface area contributed by atoms with Crippen molar-refractivity contribution < 1.29 is 31.6 Å². The number of fused-ring (bicyclic) bond motifs is 2. The molecule has 2 N–H and O–H groups in total. The Hall–Kier alpha value is -2.08. The van der Waals surface area contributed by atoms with E-state index in [9.17, 15) is 9.90 Å². The van der Waals surface area contributed by atoms with Crippen molar-refractivity contribution in [2.75, 3.05) is 20.2 Å². The van der Waals surface area contributed by atoms with Crippen LogP contribution in [0.3, 0.4) is 0 Å². The van der Waals surface area contributed by atoms with E-state index in [1.807, 2.05) is 32.2 Å². The molecule has 0 amide bonds. The highest BCUT2D eigenvalue weighted by Crippen LogP contribution is 2.23. The van der Waals surface area contributed by atoms with E-state index in [0.717, 1.165) is 5.56 Å². The van der Waals surface area contributed by atoms with Crippen LogP contribution in [0.25, 0.3) is 21.9 Å². The maximum Gasteiger partial charge on any atom is 0.200 e. The molecule has 0 aliphatic heterocycles. The molecular formula is C21H26ClNO4. The summed E-state index contributed by atoms with van der Waals surface area (Å²) in [4.78, 5) is 13.9. The van der Waals surface area contributed by atoms with E-state index in [1.54, 1.807) is 18.2 Å². The average Bonchev–Trinajstić information content (AvgIpc) is 2.60. The van der Waals surface area contributed by atoms with Gasteiger partial charge in [0.1, 0.15) is 36.2 Å². The van der Waals surface area contributed by atoms with Crippen LogP contribution in [-0.4, -0.2) is 37.5 Å². The summed E-state index contributed by atoms with van der Waals surface area (Å²) in [6.45, 7) is 6.99. The van der Waals surface area contributed by atoms with Gasteiger partial charge in [-0.3, -0.25) is 4.79 Å². The van der Waals surface area contributed by atoms with Crippen molar-refractivity contribution in [2.45, 2.75) is 32.9 Å². The lowest BCUT2D eigenvalue weighted by Gasteiger charge is -2.21. The van der Waals surface area contributed by atoms with E-state index in [-0.39, 0.29) is 24.4 Å². The van der Waals surface area contributed by atoms with Gasteiger partial charge in [0.05, 0.1) is 23.9 Å². The number of likely N-dealkylation sites (N-methyl/N-ethyl adjacent to an activating group) is 1.